The topological polar surface area (TPSA) is 78.4 Å². The lowest BCUT2D eigenvalue weighted by molar-refractivity contribution is -0.0566. The van der Waals surface area contributed by atoms with Gasteiger partial charge in [-0.2, -0.15) is 0 Å². The summed E-state index contributed by atoms with van der Waals surface area (Å²) in [5.41, 5.74) is -0.717. The maximum absolute atomic E-state index is 10.6. The first-order chi connectivity index (χ1) is 12.1. The molecule has 2 aliphatic rings. The number of ether oxygens (including phenoxy) is 2. The van der Waals surface area contributed by atoms with E-state index in [-0.39, 0.29) is 0 Å². The molecule has 2 saturated heterocycles. The first-order valence-electron chi connectivity index (χ1n) is 9.71. The van der Waals surface area contributed by atoms with Crippen LogP contribution in [-0.4, -0.2) is 87.3 Å². The second kappa shape index (κ2) is 11.0. The predicted octanol–water partition coefficient (Wildman–Crippen LogP) is 0.584. The lowest BCUT2D eigenvalue weighted by Crippen LogP contribution is -2.49. The molecule has 3 N–H and O–H groups in total. The van der Waals surface area contributed by atoms with Gasteiger partial charge in [0.1, 0.15) is 0 Å². The Morgan fingerprint density at radius 1 is 1.32 bits per heavy atom. The number of aliphatic imine (C=N–C) groups is 1. The lowest BCUT2D eigenvalue weighted by Gasteiger charge is -2.33. The largest absolute Gasteiger partial charge is 0.388 e. The number of guanidine groups is 1. The summed E-state index contributed by atoms with van der Waals surface area (Å²) in [7, 11) is 1.76. The number of piperidine rings is 1. The first kappa shape index (κ1) is 20.4. The standard InChI is InChI=1S/C18H36N4O3/c1-3-19-17(20-15-18(23)7-13-25-14-8-18)21-16-5-10-22(11-6-16)9-4-12-24-2/h16,23H,3-15H2,1-2H3,(H2,19,20,21). The van der Waals surface area contributed by atoms with Crippen molar-refractivity contribution in [3.63, 3.8) is 0 Å². The van der Waals surface area contributed by atoms with Gasteiger partial charge in [0, 0.05) is 72.0 Å². The summed E-state index contributed by atoms with van der Waals surface area (Å²) in [5.74, 6) is 0.820. The van der Waals surface area contributed by atoms with Crippen molar-refractivity contribution >= 4 is 5.96 Å². The molecule has 7 nitrogen and oxygen atoms in total. The van der Waals surface area contributed by atoms with Gasteiger partial charge in [-0.15, -0.1) is 0 Å². The maximum atomic E-state index is 10.6. The van der Waals surface area contributed by atoms with Crippen molar-refractivity contribution in [1.29, 1.82) is 0 Å². The molecule has 2 aliphatic heterocycles. The predicted molar refractivity (Wildman–Crippen MR) is 100 cm³/mol. The Bertz CT molecular complexity index is 392. The van der Waals surface area contributed by atoms with Crippen molar-refractivity contribution in [2.45, 2.75) is 50.7 Å². The molecule has 0 aromatic rings. The fourth-order valence-electron chi connectivity index (χ4n) is 3.38. The van der Waals surface area contributed by atoms with E-state index in [1.807, 2.05) is 0 Å². The van der Waals surface area contributed by atoms with Crippen LogP contribution in [0.1, 0.15) is 39.0 Å². The first-order valence-corrected chi connectivity index (χ1v) is 9.71. The zero-order chi connectivity index (χ0) is 18.0. The highest BCUT2D eigenvalue weighted by Crippen LogP contribution is 2.20. The average Bonchev–Trinajstić information content (AvgIpc) is 2.62. The van der Waals surface area contributed by atoms with Gasteiger partial charge in [-0.3, -0.25) is 4.99 Å². The monoisotopic (exact) mass is 356 g/mol. The van der Waals surface area contributed by atoms with Crippen LogP contribution in [0.5, 0.6) is 0 Å². The molecule has 2 rings (SSSR count). The van der Waals surface area contributed by atoms with E-state index < -0.39 is 5.60 Å². The summed E-state index contributed by atoms with van der Waals surface area (Å²) < 4.78 is 10.5. The van der Waals surface area contributed by atoms with Gasteiger partial charge in [0.05, 0.1) is 12.1 Å². The number of nitrogens with zero attached hydrogens (tertiary/aromatic N) is 2. The Hall–Kier alpha value is -0.890. The van der Waals surface area contributed by atoms with Gasteiger partial charge in [-0.05, 0) is 26.2 Å². The van der Waals surface area contributed by atoms with Crippen molar-refractivity contribution in [2.75, 3.05) is 59.7 Å². The second-order valence-electron chi connectivity index (χ2n) is 7.14. The average molecular weight is 357 g/mol. The van der Waals surface area contributed by atoms with Gasteiger partial charge in [-0.1, -0.05) is 0 Å². The highest BCUT2D eigenvalue weighted by molar-refractivity contribution is 5.80. The van der Waals surface area contributed by atoms with Crippen molar-refractivity contribution in [3.05, 3.63) is 0 Å². The molecule has 7 heteroatoms. The van der Waals surface area contributed by atoms with Gasteiger partial charge in [0.2, 0.25) is 0 Å². The van der Waals surface area contributed by atoms with E-state index in [1.165, 1.54) is 0 Å². The third-order valence-corrected chi connectivity index (χ3v) is 5.05. The summed E-state index contributed by atoms with van der Waals surface area (Å²) >= 11 is 0. The molecule has 0 aliphatic carbocycles. The minimum Gasteiger partial charge on any atom is -0.388 e. The smallest absolute Gasteiger partial charge is 0.191 e. The summed E-state index contributed by atoms with van der Waals surface area (Å²) in [5, 5.41) is 17.4. The van der Waals surface area contributed by atoms with Crippen LogP contribution in [0.2, 0.25) is 0 Å². The van der Waals surface area contributed by atoms with Crippen LogP contribution in [0, 0.1) is 0 Å². The molecule has 0 aromatic carbocycles. The van der Waals surface area contributed by atoms with Crippen LogP contribution < -0.4 is 10.6 Å². The van der Waals surface area contributed by atoms with E-state index in [0.29, 0.717) is 38.6 Å². The molecule has 146 valence electrons. The van der Waals surface area contributed by atoms with E-state index in [0.717, 1.165) is 58.0 Å². The zero-order valence-electron chi connectivity index (χ0n) is 15.9. The minimum atomic E-state index is -0.717. The fourth-order valence-corrected chi connectivity index (χ4v) is 3.38. The van der Waals surface area contributed by atoms with Crippen LogP contribution in [-0.2, 0) is 9.47 Å². The Labute approximate surface area is 152 Å². The van der Waals surface area contributed by atoms with Gasteiger partial charge in [-0.25, -0.2) is 0 Å². The second-order valence-corrected chi connectivity index (χ2v) is 7.14. The molecule has 0 saturated carbocycles. The molecule has 0 amide bonds. The zero-order valence-corrected chi connectivity index (χ0v) is 15.9. The fraction of sp³-hybridized carbons (Fsp3) is 0.944. The summed E-state index contributed by atoms with van der Waals surface area (Å²) in [6, 6.07) is 0.445. The summed E-state index contributed by atoms with van der Waals surface area (Å²) in [4.78, 5) is 7.15. The SMILES string of the molecule is CCNC(=NCC1(O)CCOCC1)NC1CCN(CCCOC)CC1. The molecule has 0 aromatic heterocycles. The van der Waals surface area contributed by atoms with Crippen LogP contribution in [0.15, 0.2) is 4.99 Å². The van der Waals surface area contributed by atoms with Gasteiger partial charge >= 0.3 is 0 Å². The number of methoxy groups -OCH3 is 1. The van der Waals surface area contributed by atoms with E-state index in [9.17, 15) is 5.11 Å². The van der Waals surface area contributed by atoms with Gasteiger partial charge < -0.3 is 30.1 Å². The molecular weight excluding hydrogens is 320 g/mol. The lowest BCUT2D eigenvalue weighted by atomic mass is 9.95. The molecule has 0 unspecified atom stereocenters. The molecule has 25 heavy (non-hydrogen) atoms. The molecular formula is C18H36N4O3. The van der Waals surface area contributed by atoms with Crippen LogP contribution in [0.3, 0.4) is 0 Å². The number of likely N-dealkylation sites (tertiary alicyclic amines) is 1. The molecule has 2 fully saturated rings. The van der Waals surface area contributed by atoms with E-state index in [2.05, 4.69) is 27.4 Å². The molecule has 0 atom stereocenters. The highest BCUT2D eigenvalue weighted by atomic mass is 16.5. The Kier molecular flexibility index (Phi) is 8.95. The van der Waals surface area contributed by atoms with Crippen molar-refractivity contribution in [3.8, 4) is 0 Å². The van der Waals surface area contributed by atoms with Gasteiger partial charge in [0.15, 0.2) is 5.96 Å². The molecule has 2 heterocycles. The Morgan fingerprint density at radius 3 is 2.68 bits per heavy atom. The normalized spacial score (nSPS) is 22.8. The Morgan fingerprint density at radius 2 is 2.04 bits per heavy atom. The number of nitrogens with one attached hydrogen (secondary N) is 2. The highest BCUT2D eigenvalue weighted by Gasteiger charge is 2.29. The Balaban J connectivity index is 1.76. The van der Waals surface area contributed by atoms with E-state index in [4.69, 9.17) is 9.47 Å². The quantitative estimate of drug-likeness (QED) is 0.336. The number of hydrogen-bond acceptors (Lipinski definition) is 5. The minimum absolute atomic E-state index is 0.432. The van der Waals surface area contributed by atoms with Crippen molar-refractivity contribution in [1.82, 2.24) is 15.5 Å². The van der Waals surface area contributed by atoms with Crippen molar-refractivity contribution in [2.24, 2.45) is 4.99 Å². The molecule has 0 spiro atoms. The van der Waals surface area contributed by atoms with Crippen LogP contribution in [0.4, 0.5) is 0 Å². The third kappa shape index (κ3) is 7.48. The summed E-state index contributed by atoms with van der Waals surface area (Å²) in [6.45, 7) is 8.75. The number of rotatable bonds is 8. The maximum Gasteiger partial charge on any atom is 0.191 e. The van der Waals surface area contributed by atoms with Gasteiger partial charge in [0.25, 0.3) is 0 Å². The van der Waals surface area contributed by atoms with Crippen LogP contribution in [0.25, 0.3) is 0 Å². The number of aliphatic hydroxyl groups is 1. The summed E-state index contributed by atoms with van der Waals surface area (Å²) in [6.07, 6.45) is 4.66. The van der Waals surface area contributed by atoms with E-state index in [1.54, 1.807) is 7.11 Å². The van der Waals surface area contributed by atoms with Crippen molar-refractivity contribution < 1.29 is 14.6 Å². The van der Waals surface area contributed by atoms with E-state index >= 15 is 0 Å². The third-order valence-electron chi connectivity index (χ3n) is 5.05. The molecule has 0 radical (unpaired) electrons. The van der Waals surface area contributed by atoms with Crippen LogP contribution >= 0.6 is 0 Å². The molecule has 0 bridgehead atoms. The number of hydrogen-bond donors (Lipinski definition) is 3.